The van der Waals surface area contributed by atoms with E-state index in [0.717, 1.165) is 70.6 Å². The van der Waals surface area contributed by atoms with Gasteiger partial charge in [0.2, 0.25) is 5.91 Å². The number of esters is 1. The summed E-state index contributed by atoms with van der Waals surface area (Å²) in [6.07, 6.45) is 17.6. The Morgan fingerprint density at radius 1 is 0.833 bits per heavy atom. The van der Waals surface area contributed by atoms with Crippen LogP contribution < -0.4 is 5.32 Å². The fraction of sp³-hybridized carbons (Fsp3) is 0.846. The van der Waals surface area contributed by atoms with Gasteiger partial charge in [-0.15, -0.1) is 0 Å². The smallest absolute Gasteiger partial charge is 0.463 e. The molecule has 0 aliphatic carbocycles. The summed E-state index contributed by atoms with van der Waals surface area (Å²) in [4.78, 5) is 33.2. The second kappa shape index (κ2) is 24.1. The Bertz CT molecular complexity index is 629. The predicted octanol–water partition coefficient (Wildman–Crippen LogP) is 5.59. The molecule has 0 spiro atoms. The fourth-order valence-electron chi connectivity index (χ4n) is 3.32. The number of phosphoric acid groups is 1. The normalized spacial score (nSPS) is 14.0. The van der Waals surface area contributed by atoms with E-state index in [1.165, 1.54) is 12.8 Å². The Balaban J connectivity index is 3.70. The molecule has 0 aromatic rings. The topological polar surface area (TPSA) is 131 Å². The summed E-state index contributed by atoms with van der Waals surface area (Å²) in [5.41, 5.74) is 0. The van der Waals surface area contributed by atoms with Gasteiger partial charge in [-0.3, -0.25) is 18.6 Å². The first-order valence-electron chi connectivity index (χ1n) is 13.7. The lowest BCUT2D eigenvalue weighted by atomic mass is 10.1. The average Bonchev–Trinajstić information content (AvgIpc) is 2.85. The molecule has 0 heterocycles. The number of carbonyl (C=O) groups is 2. The largest absolute Gasteiger partial charge is 0.472 e. The van der Waals surface area contributed by atoms with E-state index in [4.69, 9.17) is 13.8 Å². The highest BCUT2D eigenvalue weighted by molar-refractivity contribution is 7.47. The van der Waals surface area contributed by atoms with Gasteiger partial charge in [0.05, 0.1) is 13.2 Å². The number of allylic oxidation sites excluding steroid dienone is 2. The summed E-state index contributed by atoms with van der Waals surface area (Å²) >= 11 is 0. The lowest BCUT2D eigenvalue weighted by Gasteiger charge is -2.15. The van der Waals surface area contributed by atoms with Gasteiger partial charge in [0, 0.05) is 19.4 Å². The van der Waals surface area contributed by atoms with E-state index in [1.807, 2.05) is 0 Å². The third-order valence-corrected chi connectivity index (χ3v) is 6.41. The van der Waals surface area contributed by atoms with Crippen LogP contribution in [0.2, 0.25) is 0 Å². The number of aliphatic hydroxyl groups excluding tert-OH is 1. The average molecular weight is 536 g/mol. The highest BCUT2D eigenvalue weighted by Crippen LogP contribution is 2.42. The van der Waals surface area contributed by atoms with E-state index >= 15 is 0 Å². The number of rotatable bonds is 25. The van der Waals surface area contributed by atoms with Crippen molar-refractivity contribution in [2.45, 2.75) is 116 Å². The quantitative estimate of drug-likeness (QED) is 0.0597. The number of hydrogen-bond acceptors (Lipinski definition) is 7. The first-order chi connectivity index (χ1) is 17.3. The Morgan fingerprint density at radius 2 is 1.47 bits per heavy atom. The Labute approximate surface area is 218 Å². The summed E-state index contributed by atoms with van der Waals surface area (Å²) < 4.78 is 26.3. The molecule has 0 fully saturated rings. The summed E-state index contributed by atoms with van der Waals surface area (Å²) in [7, 11) is -4.39. The van der Waals surface area contributed by atoms with Gasteiger partial charge >= 0.3 is 13.8 Å². The van der Waals surface area contributed by atoms with Crippen LogP contribution in [-0.4, -0.2) is 54.3 Å². The molecule has 0 saturated carbocycles. The number of amides is 1. The molecule has 0 aliphatic heterocycles. The van der Waals surface area contributed by atoms with Gasteiger partial charge in [-0.25, -0.2) is 4.57 Å². The van der Waals surface area contributed by atoms with E-state index in [2.05, 4.69) is 31.3 Å². The van der Waals surface area contributed by atoms with Gasteiger partial charge in [0.15, 0.2) is 0 Å². The molecule has 0 bridgehead atoms. The van der Waals surface area contributed by atoms with E-state index in [1.54, 1.807) is 0 Å². The minimum Gasteiger partial charge on any atom is -0.463 e. The number of nitrogens with one attached hydrogen (secondary N) is 1. The van der Waals surface area contributed by atoms with E-state index in [-0.39, 0.29) is 32.1 Å². The van der Waals surface area contributed by atoms with E-state index in [0.29, 0.717) is 6.42 Å². The molecule has 9 nitrogen and oxygen atoms in total. The van der Waals surface area contributed by atoms with Crippen LogP contribution in [0.15, 0.2) is 12.2 Å². The molecule has 1 amide bonds. The van der Waals surface area contributed by atoms with Gasteiger partial charge < -0.3 is 20.1 Å². The third-order valence-electron chi connectivity index (χ3n) is 5.43. The number of ether oxygens (including phenoxy) is 1. The molecule has 212 valence electrons. The molecule has 0 rings (SSSR count). The van der Waals surface area contributed by atoms with Crippen LogP contribution in [-0.2, 0) is 27.9 Å². The summed E-state index contributed by atoms with van der Waals surface area (Å²) in [6.45, 7) is 3.33. The maximum absolute atomic E-state index is 11.9. The van der Waals surface area contributed by atoms with E-state index < -0.39 is 26.5 Å². The van der Waals surface area contributed by atoms with Gasteiger partial charge in [-0.1, -0.05) is 77.4 Å². The molecular formula is C26H50NO8P. The van der Waals surface area contributed by atoms with Crippen molar-refractivity contribution in [3.8, 4) is 0 Å². The lowest BCUT2D eigenvalue weighted by Crippen LogP contribution is -2.27. The molecule has 0 aromatic heterocycles. The van der Waals surface area contributed by atoms with Gasteiger partial charge in [0.1, 0.15) is 12.7 Å². The molecular weight excluding hydrogens is 485 g/mol. The maximum Gasteiger partial charge on any atom is 0.472 e. The Morgan fingerprint density at radius 3 is 2.19 bits per heavy atom. The molecule has 0 aliphatic rings. The van der Waals surface area contributed by atoms with Crippen LogP contribution in [0.5, 0.6) is 0 Å². The van der Waals surface area contributed by atoms with Gasteiger partial charge in [-0.05, 0) is 32.1 Å². The minimum atomic E-state index is -4.39. The van der Waals surface area contributed by atoms with Crippen molar-refractivity contribution < 1.29 is 37.9 Å². The zero-order valence-electron chi connectivity index (χ0n) is 22.5. The Kier molecular flexibility index (Phi) is 23.3. The number of hydrogen-bond donors (Lipinski definition) is 3. The number of phosphoric ester groups is 1. The number of carbonyl (C=O) groups excluding carboxylic acids is 2. The molecule has 3 N–H and O–H groups in total. The fourth-order valence-corrected chi connectivity index (χ4v) is 4.08. The third kappa shape index (κ3) is 24.4. The predicted molar refractivity (Wildman–Crippen MR) is 141 cm³/mol. The SMILES string of the molecule is CCC/C=C\CCCCCCCC(=O)NCCOP(=O)(O)OCC(O)COC(=O)CCCCCCC. The van der Waals surface area contributed by atoms with Gasteiger partial charge in [0.25, 0.3) is 0 Å². The van der Waals surface area contributed by atoms with Crippen LogP contribution in [0.3, 0.4) is 0 Å². The van der Waals surface area contributed by atoms with Crippen molar-refractivity contribution in [2.75, 3.05) is 26.4 Å². The Hall–Kier alpha value is -1.25. The molecule has 0 radical (unpaired) electrons. The molecule has 2 unspecified atom stereocenters. The van der Waals surface area contributed by atoms with Crippen molar-refractivity contribution in [1.29, 1.82) is 0 Å². The standard InChI is InChI=1S/C26H50NO8P/c1-3-5-7-9-10-11-12-13-15-16-18-25(29)27-20-21-34-36(31,32)35-23-24(28)22-33-26(30)19-17-14-8-6-4-2/h7,9,24,28H,3-6,8,10-23H2,1-2H3,(H,27,29)(H,31,32)/b9-7-. The van der Waals surface area contributed by atoms with Gasteiger partial charge in [-0.2, -0.15) is 0 Å². The first kappa shape index (κ1) is 34.8. The van der Waals surface area contributed by atoms with E-state index in [9.17, 15) is 24.2 Å². The van der Waals surface area contributed by atoms with Crippen LogP contribution >= 0.6 is 7.82 Å². The van der Waals surface area contributed by atoms with Crippen molar-refractivity contribution in [2.24, 2.45) is 0 Å². The van der Waals surface area contributed by atoms with Crippen molar-refractivity contribution in [1.82, 2.24) is 5.32 Å². The monoisotopic (exact) mass is 535 g/mol. The first-order valence-corrected chi connectivity index (χ1v) is 15.2. The summed E-state index contributed by atoms with van der Waals surface area (Å²) in [5.74, 6) is -0.544. The van der Waals surface area contributed by atoms with Crippen LogP contribution in [0.25, 0.3) is 0 Å². The van der Waals surface area contributed by atoms with Crippen LogP contribution in [0.4, 0.5) is 0 Å². The van der Waals surface area contributed by atoms with Crippen molar-refractivity contribution in [3.05, 3.63) is 12.2 Å². The minimum absolute atomic E-state index is 0.0786. The lowest BCUT2D eigenvalue weighted by molar-refractivity contribution is -0.147. The maximum atomic E-state index is 11.9. The van der Waals surface area contributed by atoms with Crippen LogP contribution in [0.1, 0.15) is 110 Å². The highest BCUT2D eigenvalue weighted by Gasteiger charge is 2.23. The van der Waals surface area contributed by atoms with Crippen molar-refractivity contribution in [3.63, 3.8) is 0 Å². The van der Waals surface area contributed by atoms with Crippen molar-refractivity contribution >= 4 is 19.7 Å². The second-order valence-electron chi connectivity index (χ2n) is 9.02. The molecule has 0 aromatic carbocycles. The molecule has 10 heteroatoms. The zero-order chi connectivity index (χ0) is 26.9. The molecule has 36 heavy (non-hydrogen) atoms. The van der Waals surface area contributed by atoms with Crippen LogP contribution in [0, 0.1) is 0 Å². The second-order valence-corrected chi connectivity index (χ2v) is 10.5. The highest BCUT2D eigenvalue weighted by atomic mass is 31.2. The zero-order valence-corrected chi connectivity index (χ0v) is 23.4. The summed E-state index contributed by atoms with van der Waals surface area (Å²) in [6, 6.07) is 0. The number of unbranched alkanes of at least 4 members (excludes halogenated alkanes) is 10. The number of aliphatic hydroxyl groups is 1. The molecule has 2 atom stereocenters. The molecule has 0 saturated heterocycles. The summed E-state index contributed by atoms with van der Waals surface area (Å²) in [5, 5.41) is 12.4.